The monoisotopic (exact) mass is 464 g/mol. The van der Waals surface area contributed by atoms with Gasteiger partial charge >= 0.3 is 0 Å². The summed E-state index contributed by atoms with van der Waals surface area (Å²) in [7, 11) is 0. The Hall–Kier alpha value is -2.30. The summed E-state index contributed by atoms with van der Waals surface area (Å²) in [5, 5.41) is 21.7. The average Bonchev–Trinajstić information content (AvgIpc) is 2.90. The number of benzene rings is 2. The van der Waals surface area contributed by atoms with Crippen molar-refractivity contribution >= 4 is 11.6 Å². The fourth-order valence-corrected chi connectivity index (χ4v) is 5.88. The van der Waals surface area contributed by atoms with Crippen molar-refractivity contribution in [2.24, 2.45) is 11.8 Å². The number of carbonyl (C=O) groups is 2. The van der Waals surface area contributed by atoms with Crippen molar-refractivity contribution in [3.63, 3.8) is 0 Å². The van der Waals surface area contributed by atoms with Crippen LogP contribution < -0.4 is 0 Å². The molecule has 2 aromatic carbocycles. The van der Waals surface area contributed by atoms with Crippen LogP contribution in [0.25, 0.3) is 0 Å². The summed E-state index contributed by atoms with van der Waals surface area (Å²) >= 11 is 0. The smallest absolute Gasteiger partial charge is 0.166 e. The van der Waals surface area contributed by atoms with Gasteiger partial charge in [0.15, 0.2) is 22.8 Å². The molecule has 0 saturated heterocycles. The number of Topliss-reactive ketones (excluding diaryl/α,β-unsaturated/α-hetero) is 2. The molecule has 34 heavy (non-hydrogen) atoms. The molecule has 2 aliphatic rings. The third-order valence-corrected chi connectivity index (χ3v) is 7.89. The fraction of sp³-hybridized carbons (Fsp3) is 0.533. The lowest BCUT2D eigenvalue weighted by Crippen LogP contribution is -2.42. The van der Waals surface area contributed by atoms with E-state index in [0.717, 1.165) is 62.5 Å². The van der Waals surface area contributed by atoms with Gasteiger partial charge in [0.1, 0.15) is 0 Å². The van der Waals surface area contributed by atoms with Crippen LogP contribution in [-0.4, -0.2) is 21.8 Å². The van der Waals surface area contributed by atoms with Gasteiger partial charge in [0, 0.05) is 0 Å². The number of ketones is 2. The third-order valence-electron chi connectivity index (χ3n) is 7.89. The van der Waals surface area contributed by atoms with E-state index in [1.165, 1.54) is 26.7 Å². The van der Waals surface area contributed by atoms with Crippen molar-refractivity contribution < 1.29 is 19.8 Å². The molecule has 184 valence electrons. The minimum Gasteiger partial charge on any atom is -0.377 e. The summed E-state index contributed by atoms with van der Waals surface area (Å²) in [6.45, 7) is 3.00. The fourth-order valence-electron chi connectivity index (χ4n) is 5.88. The normalized spacial score (nSPS) is 20.8. The first-order valence-corrected chi connectivity index (χ1v) is 12.9. The molecule has 4 rings (SSSR count). The Balaban J connectivity index is 0.000000191. The first kappa shape index (κ1) is 26.3. The van der Waals surface area contributed by atoms with Gasteiger partial charge in [0.25, 0.3) is 0 Å². The van der Waals surface area contributed by atoms with Crippen molar-refractivity contribution in [2.75, 3.05) is 0 Å². The Morgan fingerprint density at radius 2 is 0.882 bits per heavy atom. The molecule has 0 amide bonds. The number of hydrogen-bond donors (Lipinski definition) is 2. The maximum atomic E-state index is 11.9. The zero-order valence-electron chi connectivity index (χ0n) is 20.7. The van der Waals surface area contributed by atoms with Crippen LogP contribution >= 0.6 is 0 Å². The molecule has 0 aliphatic heterocycles. The molecule has 0 heterocycles. The van der Waals surface area contributed by atoms with Crippen molar-refractivity contribution in [3.05, 3.63) is 71.8 Å². The van der Waals surface area contributed by atoms with E-state index in [9.17, 15) is 19.8 Å². The molecule has 2 fully saturated rings. The van der Waals surface area contributed by atoms with E-state index < -0.39 is 11.2 Å². The number of aliphatic hydroxyl groups is 2. The standard InChI is InChI=1S/2C15H20O2/c2*1-12(16)15(17,13-8-4-2-5-9-13)14-10-6-3-7-11-14/h2*2,4-5,8-9,14,17H,3,6-7,10-11H2,1H3. The van der Waals surface area contributed by atoms with Gasteiger partial charge in [0.2, 0.25) is 0 Å². The summed E-state index contributed by atoms with van der Waals surface area (Å²) in [4.78, 5) is 23.8. The second-order valence-electron chi connectivity index (χ2n) is 10.0. The minimum atomic E-state index is -1.28. The van der Waals surface area contributed by atoms with Gasteiger partial charge in [0.05, 0.1) is 0 Å². The largest absolute Gasteiger partial charge is 0.377 e. The Morgan fingerprint density at radius 3 is 1.15 bits per heavy atom. The van der Waals surface area contributed by atoms with E-state index in [2.05, 4.69) is 0 Å². The molecule has 0 bridgehead atoms. The first-order valence-electron chi connectivity index (χ1n) is 12.9. The average molecular weight is 465 g/mol. The molecule has 4 nitrogen and oxygen atoms in total. The van der Waals surface area contributed by atoms with Crippen LogP contribution in [0.3, 0.4) is 0 Å². The predicted octanol–water partition coefficient (Wildman–Crippen LogP) is 6.09. The highest BCUT2D eigenvalue weighted by molar-refractivity contribution is 5.87. The maximum Gasteiger partial charge on any atom is 0.166 e. The van der Waals surface area contributed by atoms with Crippen LogP contribution in [0.15, 0.2) is 60.7 Å². The molecule has 2 aromatic rings. The van der Waals surface area contributed by atoms with E-state index >= 15 is 0 Å². The van der Waals surface area contributed by atoms with Crippen molar-refractivity contribution in [3.8, 4) is 0 Å². The third kappa shape index (κ3) is 5.67. The topological polar surface area (TPSA) is 74.6 Å². The van der Waals surface area contributed by atoms with Gasteiger partial charge < -0.3 is 10.2 Å². The lowest BCUT2D eigenvalue weighted by Gasteiger charge is -2.37. The van der Waals surface area contributed by atoms with E-state index in [-0.39, 0.29) is 23.4 Å². The molecule has 4 heteroatoms. The number of rotatable bonds is 6. The summed E-state index contributed by atoms with van der Waals surface area (Å²) in [5.74, 6) is -0.0986. The quantitative estimate of drug-likeness (QED) is 0.543. The second-order valence-corrected chi connectivity index (χ2v) is 10.0. The molecular weight excluding hydrogens is 424 g/mol. The lowest BCUT2D eigenvalue weighted by molar-refractivity contribution is -0.144. The van der Waals surface area contributed by atoms with Crippen LogP contribution in [-0.2, 0) is 20.8 Å². The zero-order valence-corrected chi connectivity index (χ0v) is 20.7. The van der Waals surface area contributed by atoms with Gasteiger partial charge in [-0.25, -0.2) is 0 Å². The van der Waals surface area contributed by atoms with Gasteiger partial charge in [-0.2, -0.15) is 0 Å². The Morgan fingerprint density at radius 1 is 0.588 bits per heavy atom. The Bertz CT molecular complexity index is 836. The SMILES string of the molecule is CC(=O)C(O)(c1ccccc1)C1CCCCC1.CC(=O)C(O)(c1ccccc1)C1CCCCC1. The van der Waals surface area contributed by atoms with Gasteiger partial charge in [-0.05, 0) is 62.5 Å². The van der Waals surface area contributed by atoms with E-state index in [1.807, 2.05) is 60.7 Å². The Labute approximate surface area is 204 Å². The Kier molecular flexibility index (Phi) is 9.21. The summed E-state index contributed by atoms with van der Waals surface area (Å²) in [5.41, 5.74) is -1.05. The highest BCUT2D eigenvalue weighted by atomic mass is 16.3. The highest BCUT2D eigenvalue weighted by Crippen LogP contribution is 2.41. The molecule has 2 atom stereocenters. The van der Waals surface area contributed by atoms with Crippen molar-refractivity contribution in [1.29, 1.82) is 0 Å². The second kappa shape index (κ2) is 11.9. The molecule has 2 N–H and O–H groups in total. The summed E-state index contributed by atoms with van der Waals surface area (Å²) < 4.78 is 0. The maximum absolute atomic E-state index is 11.9. The van der Waals surface area contributed by atoms with Crippen molar-refractivity contribution in [2.45, 2.75) is 89.3 Å². The predicted molar refractivity (Wildman–Crippen MR) is 135 cm³/mol. The van der Waals surface area contributed by atoms with Crippen LogP contribution in [0, 0.1) is 11.8 Å². The first-order chi connectivity index (χ1) is 16.3. The van der Waals surface area contributed by atoms with E-state index in [0.29, 0.717) is 0 Å². The van der Waals surface area contributed by atoms with E-state index in [4.69, 9.17) is 0 Å². The van der Waals surface area contributed by atoms with E-state index in [1.54, 1.807) is 0 Å². The van der Waals surface area contributed by atoms with Crippen LogP contribution in [0.5, 0.6) is 0 Å². The zero-order chi connectivity index (χ0) is 24.6. The molecule has 2 aliphatic carbocycles. The molecule has 0 spiro atoms. The van der Waals surface area contributed by atoms with Gasteiger partial charge in [-0.3, -0.25) is 9.59 Å². The summed E-state index contributed by atoms with van der Waals surface area (Å²) in [6.07, 6.45) is 10.7. The van der Waals surface area contributed by atoms with Crippen molar-refractivity contribution in [1.82, 2.24) is 0 Å². The number of carbonyl (C=O) groups excluding carboxylic acids is 2. The minimum absolute atomic E-state index is 0.0798. The molecule has 2 unspecified atom stereocenters. The van der Waals surface area contributed by atoms with Gasteiger partial charge in [-0.15, -0.1) is 0 Å². The van der Waals surface area contributed by atoms with Gasteiger partial charge in [-0.1, -0.05) is 99.2 Å². The van der Waals surface area contributed by atoms with Crippen LogP contribution in [0.1, 0.15) is 89.2 Å². The molecular formula is C30H40O4. The van der Waals surface area contributed by atoms with Crippen LogP contribution in [0.2, 0.25) is 0 Å². The summed E-state index contributed by atoms with van der Waals surface area (Å²) in [6, 6.07) is 18.8. The lowest BCUT2D eigenvalue weighted by atomic mass is 9.71. The molecule has 0 radical (unpaired) electrons. The molecule has 2 saturated carbocycles. The van der Waals surface area contributed by atoms with Crippen LogP contribution in [0.4, 0.5) is 0 Å². The molecule has 0 aromatic heterocycles. The highest BCUT2D eigenvalue weighted by Gasteiger charge is 2.43. The number of hydrogen-bond acceptors (Lipinski definition) is 4.